The number of nitrogens with one attached hydrogen (secondary N) is 1. The number of carbonyl (C=O) groups excluding carboxylic acids is 2. The van der Waals surface area contributed by atoms with Crippen molar-refractivity contribution in [3.63, 3.8) is 0 Å². The minimum Gasteiger partial charge on any atom is -0.495 e. The highest BCUT2D eigenvalue weighted by Crippen LogP contribution is 2.31. The molecular formula is C23H26N2O6S. The SMILES string of the molecule is COC(=O)c1ccc(/C=C/C(=O)Nc2ccc(OC)c(S(=O)(=O)N3CCCCC3)c2)cc1. The average molecular weight is 459 g/mol. The summed E-state index contributed by atoms with van der Waals surface area (Å²) >= 11 is 0. The first-order valence-corrected chi connectivity index (χ1v) is 11.6. The van der Waals surface area contributed by atoms with E-state index < -0.39 is 21.9 Å². The van der Waals surface area contributed by atoms with Crippen molar-refractivity contribution >= 4 is 33.7 Å². The number of sulfonamides is 1. The first kappa shape index (κ1) is 23.5. The lowest BCUT2D eigenvalue weighted by atomic mass is 10.1. The van der Waals surface area contributed by atoms with E-state index in [9.17, 15) is 18.0 Å². The number of ether oxygens (including phenoxy) is 2. The fourth-order valence-electron chi connectivity index (χ4n) is 3.40. The predicted octanol–water partition coefficient (Wildman–Crippen LogP) is 3.31. The van der Waals surface area contributed by atoms with Crippen LogP contribution in [0.2, 0.25) is 0 Å². The van der Waals surface area contributed by atoms with Crippen LogP contribution in [0.1, 0.15) is 35.2 Å². The van der Waals surface area contributed by atoms with Crippen LogP contribution in [-0.4, -0.2) is 51.9 Å². The molecule has 1 aliphatic heterocycles. The first-order valence-electron chi connectivity index (χ1n) is 10.2. The van der Waals surface area contributed by atoms with Gasteiger partial charge >= 0.3 is 5.97 Å². The summed E-state index contributed by atoms with van der Waals surface area (Å²) in [5.74, 6) is -0.628. The van der Waals surface area contributed by atoms with Crippen LogP contribution in [0, 0.1) is 0 Å². The molecule has 1 N–H and O–H groups in total. The summed E-state index contributed by atoms with van der Waals surface area (Å²) in [4.78, 5) is 23.9. The summed E-state index contributed by atoms with van der Waals surface area (Å²) in [6.45, 7) is 0.944. The van der Waals surface area contributed by atoms with Gasteiger partial charge in [0.25, 0.3) is 0 Å². The van der Waals surface area contributed by atoms with Crippen LogP contribution in [0.25, 0.3) is 6.08 Å². The van der Waals surface area contributed by atoms with Crippen LogP contribution < -0.4 is 10.1 Å². The van der Waals surface area contributed by atoms with Gasteiger partial charge in [-0.15, -0.1) is 0 Å². The molecule has 0 radical (unpaired) electrons. The maximum atomic E-state index is 13.1. The van der Waals surface area contributed by atoms with Gasteiger partial charge in [0.15, 0.2) is 0 Å². The van der Waals surface area contributed by atoms with Gasteiger partial charge in [-0.25, -0.2) is 13.2 Å². The molecule has 32 heavy (non-hydrogen) atoms. The second-order valence-corrected chi connectivity index (χ2v) is 9.17. The molecule has 0 aromatic heterocycles. The van der Waals surface area contributed by atoms with Gasteiger partial charge in [-0.3, -0.25) is 4.79 Å². The van der Waals surface area contributed by atoms with Crippen LogP contribution in [-0.2, 0) is 19.6 Å². The molecule has 1 heterocycles. The van der Waals surface area contributed by atoms with Gasteiger partial charge in [0.05, 0.1) is 19.8 Å². The van der Waals surface area contributed by atoms with Crippen molar-refractivity contribution in [2.75, 3.05) is 32.6 Å². The number of hydrogen-bond acceptors (Lipinski definition) is 6. The van der Waals surface area contributed by atoms with Crippen LogP contribution in [0.5, 0.6) is 5.75 Å². The van der Waals surface area contributed by atoms with Crippen LogP contribution >= 0.6 is 0 Å². The van der Waals surface area contributed by atoms with E-state index in [1.807, 2.05) is 0 Å². The molecule has 9 heteroatoms. The number of hydrogen-bond donors (Lipinski definition) is 1. The zero-order valence-electron chi connectivity index (χ0n) is 18.0. The van der Waals surface area contributed by atoms with Crippen LogP contribution in [0.15, 0.2) is 53.4 Å². The number of nitrogens with zero attached hydrogens (tertiary/aromatic N) is 1. The molecule has 1 aliphatic rings. The van der Waals surface area contributed by atoms with Crippen molar-refractivity contribution in [3.05, 3.63) is 59.7 Å². The van der Waals surface area contributed by atoms with Gasteiger partial charge in [0.1, 0.15) is 10.6 Å². The highest BCUT2D eigenvalue weighted by Gasteiger charge is 2.29. The quantitative estimate of drug-likeness (QED) is 0.505. The van der Waals surface area contributed by atoms with Gasteiger partial charge in [-0.1, -0.05) is 18.6 Å². The number of methoxy groups -OCH3 is 2. The van der Waals surface area contributed by atoms with Gasteiger partial charge in [0, 0.05) is 24.9 Å². The maximum Gasteiger partial charge on any atom is 0.337 e. The summed E-state index contributed by atoms with van der Waals surface area (Å²) in [5.41, 5.74) is 1.47. The molecule has 0 bridgehead atoms. The third-order valence-corrected chi connectivity index (χ3v) is 7.04. The summed E-state index contributed by atoms with van der Waals surface area (Å²) in [5, 5.41) is 2.68. The molecule has 1 saturated heterocycles. The lowest BCUT2D eigenvalue weighted by molar-refractivity contribution is -0.111. The second kappa shape index (κ2) is 10.4. The Bertz CT molecular complexity index is 1100. The Kier molecular flexibility index (Phi) is 7.66. The highest BCUT2D eigenvalue weighted by atomic mass is 32.2. The summed E-state index contributed by atoms with van der Waals surface area (Å²) in [7, 11) is -1.01. The van der Waals surface area contributed by atoms with E-state index in [2.05, 4.69) is 10.1 Å². The molecular weight excluding hydrogens is 432 g/mol. The zero-order chi connectivity index (χ0) is 23.1. The lowest BCUT2D eigenvalue weighted by Crippen LogP contribution is -2.35. The van der Waals surface area contributed by atoms with E-state index in [-0.39, 0.29) is 10.6 Å². The topological polar surface area (TPSA) is 102 Å². The largest absolute Gasteiger partial charge is 0.495 e. The van der Waals surface area contributed by atoms with Gasteiger partial charge in [-0.05, 0) is 54.8 Å². The smallest absolute Gasteiger partial charge is 0.337 e. The summed E-state index contributed by atoms with van der Waals surface area (Å²) in [6, 6.07) is 11.1. The predicted molar refractivity (Wildman–Crippen MR) is 121 cm³/mol. The fourth-order valence-corrected chi connectivity index (χ4v) is 5.10. The minimum atomic E-state index is -3.73. The number of carbonyl (C=O) groups is 2. The van der Waals surface area contributed by atoms with E-state index in [1.54, 1.807) is 36.4 Å². The number of rotatable bonds is 7. The third-order valence-electron chi connectivity index (χ3n) is 5.12. The highest BCUT2D eigenvalue weighted by molar-refractivity contribution is 7.89. The molecule has 2 aromatic rings. The minimum absolute atomic E-state index is 0.0297. The Morgan fingerprint density at radius 3 is 2.31 bits per heavy atom. The van der Waals surface area contributed by atoms with Gasteiger partial charge < -0.3 is 14.8 Å². The molecule has 0 aliphatic carbocycles. The Morgan fingerprint density at radius 2 is 1.69 bits per heavy atom. The van der Waals surface area contributed by atoms with Crippen LogP contribution in [0.3, 0.4) is 0 Å². The van der Waals surface area contributed by atoms with Crippen molar-refractivity contribution in [2.24, 2.45) is 0 Å². The fraction of sp³-hybridized carbons (Fsp3) is 0.304. The van der Waals surface area contributed by atoms with Crippen LogP contribution in [0.4, 0.5) is 5.69 Å². The van der Waals surface area contributed by atoms with Crippen molar-refractivity contribution in [1.29, 1.82) is 0 Å². The van der Waals surface area contributed by atoms with Crippen molar-refractivity contribution in [2.45, 2.75) is 24.2 Å². The number of amides is 1. The van der Waals surface area contributed by atoms with E-state index in [1.165, 1.54) is 36.7 Å². The monoisotopic (exact) mass is 458 g/mol. The van der Waals surface area contributed by atoms with E-state index in [4.69, 9.17) is 4.74 Å². The standard InChI is InChI=1S/C23H26N2O6S/c1-30-20-12-11-19(16-21(20)32(28,29)25-14-4-3-5-15-25)24-22(26)13-8-17-6-9-18(10-7-17)23(27)31-2/h6-13,16H,3-5,14-15H2,1-2H3,(H,24,26)/b13-8+. The Labute approximate surface area is 187 Å². The molecule has 1 fully saturated rings. The zero-order valence-corrected chi connectivity index (χ0v) is 18.9. The lowest BCUT2D eigenvalue weighted by Gasteiger charge is -2.26. The maximum absolute atomic E-state index is 13.1. The first-order chi connectivity index (χ1) is 15.3. The number of piperidine rings is 1. The normalized spacial score (nSPS) is 14.8. The van der Waals surface area contributed by atoms with E-state index in [0.29, 0.717) is 24.3 Å². The molecule has 0 spiro atoms. The number of esters is 1. The van der Waals surface area contributed by atoms with Crippen molar-refractivity contribution in [1.82, 2.24) is 4.31 Å². The Balaban J connectivity index is 1.74. The average Bonchev–Trinajstić information content (AvgIpc) is 2.83. The molecule has 2 aromatic carbocycles. The molecule has 170 valence electrons. The Morgan fingerprint density at radius 1 is 1.00 bits per heavy atom. The third kappa shape index (κ3) is 5.54. The molecule has 0 unspecified atom stereocenters. The van der Waals surface area contributed by atoms with Crippen molar-refractivity contribution in [3.8, 4) is 5.75 Å². The van der Waals surface area contributed by atoms with Crippen molar-refractivity contribution < 1.29 is 27.5 Å². The summed E-state index contributed by atoms with van der Waals surface area (Å²) in [6.07, 6.45) is 5.57. The molecule has 8 nitrogen and oxygen atoms in total. The van der Waals surface area contributed by atoms with Gasteiger partial charge in [-0.2, -0.15) is 4.31 Å². The summed E-state index contributed by atoms with van der Waals surface area (Å²) < 4.78 is 37.6. The Hall–Kier alpha value is -3.17. The van der Waals surface area contributed by atoms with Gasteiger partial charge in [0.2, 0.25) is 15.9 Å². The second-order valence-electron chi connectivity index (χ2n) is 7.27. The van der Waals surface area contributed by atoms with E-state index >= 15 is 0 Å². The number of benzene rings is 2. The molecule has 0 saturated carbocycles. The van der Waals surface area contributed by atoms with E-state index in [0.717, 1.165) is 24.8 Å². The molecule has 0 atom stereocenters. The molecule has 3 rings (SSSR count). The number of anilines is 1. The molecule has 1 amide bonds.